The van der Waals surface area contributed by atoms with Gasteiger partial charge in [-0.05, 0) is 43.7 Å². The predicted octanol–water partition coefficient (Wildman–Crippen LogP) is 3.56. The number of unbranched alkanes of at least 4 members (excludes halogenated alkanes) is 1. The standard InChI is InChI=1S/C21H31N3O2/c1-2-3-6-16-9-11-17(12-10-16)21(26)23-18-7-4-5-8-19(18)24-14-13-22-20(25)15-24/h4-5,7-8,16-17H,2-3,6,9-15H2,1H3,(H,22,25)(H,23,26). The number of anilines is 2. The fourth-order valence-corrected chi connectivity index (χ4v) is 4.14. The molecule has 26 heavy (non-hydrogen) atoms. The Morgan fingerprint density at radius 1 is 1.23 bits per heavy atom. The van der Waals surface area contributed by atoms with E-state index in [1.165, 1.54) is 32.1 Å². The summed E-state index contributed by atoms with van der Waals surface area (Å²) >= 11 is 0. The van der Waals surface area contributed by atoms with Crippen LogP contribution in [0.15, 0.2) is 24.3 Å². The summed E-state index contributed by atoms with van der Waals surface area (Å²) in [5.74, 6) is 1.08. The number of rotatable bonds is 6. The van der Waals surface area contributed by atoms with E-state index in [0.29, 0.717) is 13.1 Å². The molecule has 5 heteroatoms. The average Bonchev–Trinajstić information content (AvgIpc) is 2.67. The summed E-state index contributed by atoms with van der Waals surface area (Å²) in [7, 11) is 0. The Balaban J connectivity index is 1.59. The van der Waals surface area contributed by atoms with E-state index in [4.69, 9.17) is 0 Å². The van der Waals surface area contributed by atoms with Crippen LogP contribution in [0.3, 0.4) is 0 Å². The SMILES string of the molecule is CCCCC1CCC(C(=O)Nc2ccccc2N2CCNC(=O)C2)CC1. The van der Waals surface area contributed by atoms with Crippen LogP contribution in [0.4, 0.5) is 11.4 Å². The quantitative estimate of drug-likeness (QED) is 0.818. The molecule has 1 aliphatic carbocycles. The van der Waals surface area contributed by atoms with E-state index in [2.05, 4.69) is 17.6 Å². The molecular formula is C21H31N3O2. The van der Waals surface area contributed by atoms with Gasteiger partial charge in [0, 0.05) is 19.0 Å². The Hall–Kier alpha value is -2.04. The van der Waals surface area contributed by atoms with Crippen molar-refractivity contribution in [3.8, 4) is 0 Å². The highest BCUT2D eigenvalue weighted by atomic mass is 16.2. The molecule has 142 valence electrons. The third-order valence-electron chi connectivity index (χ3n) is 5.72. The van der Waals surface area contributed by atoms with E-state index < -0.39 is 0 Å². The van der Waals surface area contributed by atoms with E-state index in [9.17, 15) is 9.59 Å². The lowest BCUT2D eigenvalue weighted by Gasteiger charge is -2.31. The molecule has 1 saturated heterocycles. The number of amides is 2. The van der Waals surface area contributed by atoms with Gasteiger partial charge in [0.2, 0.25) is 11.8 Å². The van der Waals surface area contributed by atoms with Crippen LogP contribution in [0.2, 0.25) is 0 Å². The molecule has 0 unspecified atom stereocenters. The van der Waals surface area contributed by atoms with E-state index in [1.807, 2.05) is 29.2 Å². The number of benzene rings is 1. The lowest BCUT2D eigenvalue weighted by molar-refractivity contribution is -0.121. The molecule has 0 spiro atoms. The number of nitrogens with zero attached hydrogens (tertiary/aromatic N) is 1. The molecule has 2 amide bonds. The Labute approximate surface area is 156 Å². The number of hydrogen-bond donors (Lipinski definition) is 2. The van der Waals surface area contributed by atoms with Crippen LogP contribution < -0.4 is 15.5 Å². The fourth-order valence-electron chi connectivity index (χ4n) is 4.14. The third kappa shape index (κ3) is 4.77. The maximum absolute atomic E-state index is 12.8. The Morgan fingerprint density at radius 2 is 2.00 bits per heavy atom. The van der Waals surface area contributed by atoms with Crippen molar-refractivity contribution in [3.05, 3.63) is 24.3 Å². The molecule has 3 rings (SSSR count). The Kier molecular flexibility index (Phi) is 6.53. The molecule has 1 heterocycles. The van der Waals surface area contributed by atoms with Crippen molar-refractivity contribution in [2.45, 2.75) is 51.9 Å². The predicted molar refractivity (Wildman–Crippen MR) is 105 cm³/mol. The van der Waals surface area contributed by atoms with Crippen molar-refractivity contribution in [2.24, 2.45) is 11.8 Å². The second-order valence-corrected chi connectivity index (χ2v) is 7.64. The van der Waals surface area contributed by atoms with Gasteiger partial charge in [0.1, 0.15) is 0 Å². The third-order valence-corrected chi connectivity index (χ3v) is 5.72. The fraction of sp³-hybridized carbons (Fsp3) is 0.619. The molecule has 2 aliphatic rings. The lowest BCUT2D eigenvalue weighted by Crippen LogP contribution is -2.48. The largest absolute Gasteiger partial charge is 0.359 e. The summed E-state index contributed by atoms with van der Waals surface area (Å²) in [5.41, 5.74) is 1.76. The molecule has 1 saturated carbocycles. The van der Waals surface area contributed by atoms with Crippen LogP contribution in [0.25, 0.3) is 0 Å². The van der Waals surface area contributed by atoms with Crippen molar-refractivity contribution in [1.82, 2.24) is 5.32 Å². The first kappa shape index (κ1) is 18.7. The van der Waals surface area contributed by atoms with Crippen LogP contribution in [-0.2, 0) is 9.59 Å². The number of para-hydroxylation sites is 2. The number of carbonyl (C=O) groups is 2. The van der Waals surface area contributed by atoms with Crippen molar-refractivity contribution in [1.29, 1.82) is 0 Å². The smallest absolute Gasteiger partial charge is 0.239 e. The molecule has 0 aromatic heterocycles. The topological polar surface area (TPSA) is 61.4 Å². The van der Waals surface area contributed by atoms with Crippen LogP contribution >= 0.6 is 0 Å². The van der Waals surface area contributed by atoms with Gasteiger partial charge >= 0.3 is 0 Å². The summed E-state index contributed by atoms with van der Waals surface area (Å²) < 4.78 is 0. The molecule has 2 N–H and O–H groups in total. The Bertz CT molecular complexity index is 623. The summed E-state index contributed by atoms with van der Waals surface area (Å²) in [5, 5.41) is 5.98. The van der Waals surface area contributed by atoms with E-state index in [-0.39, 0.29) is 17.7 Å². The van der Waals surface area contributed by atoms with Crippen LogP contribution in [0.1, 0.15) is 51.9 Å². The van der Waals surface area contributed by atoms with Gasteiger partial charge in [-0.15, -0.1) is 0 Å². The average molecular weight is 357 g/mol. The maximum atomic E-state index is 12.8. The minimum absolute atomic E-state index is 0.0304. The van der Waals surface area contributed by atoms with Gasteiger partial charge in [-0.25, -0.2) is 0 Å². The number of piperazine rings is 1. The Morgan fingerprint density at radius 3 is 2.73 bits per heavy atom. The zero-order valence-corrected chi connectivity index (χ0v) is 15.8. The van der Waals surface area contributed by atoms with Gasteiger partial charge in [0.15, 0.2) is 0 Å². The van der Waals surface area contributed by atoms with Gasteiger partial charge in [-0.3, -0.25) is 9.59 Å². The minimum atomic E-state index is 0.0304. The van der Waals surface area contributed by atoms with Crippen molar-refractivity contribution in [2.75, 3.05) is 29.9 Å². The molecule has 0 radical (unpaired) electrons. The van der Waals surface area contributed by atoms with Gasteiger partial charge in [0.25, 0.3) is 0 Å². The first-order chi connectivity index (χ1) is 12.7. The molecule has 5 nitrogen and oxygen atoms in total. The molecule has 1 aromatic carbocycles. The molecule has 1 aromatic rings. The van der Waals surface area contributed by atoms with Crippen molar-refractivity contribution in [3.63, 3.8) is 0 Å². The van der Waals surface area contributed by atoms with Crippen molar-refractivity contribution >= 4 is 23.2 Å². The second kappa shape index (κ2) is 9.06. The first-order valence-electron chi connectivity index (χ1n) is 10.1. The molecule has 0 atom stereocenters. The monoisotopic (exact) mass is 357 g/mol. The van der Waals surface area contributed by atoms with Gasteiger partial charge < -0.3 is 15.5 Å². The minimum Gasteiger partial charge on any atom is -0.359 e. The van der Waals surface area contributed by atoms with E-state index >= 15 is 0 Å². The van der Waals surface area contributed by atoms with Crippen molar-refractivity contribution < 1.29 is 9.59 Å². The highest BCUT2D eigenvalue weighted by Gasteiger charge is 2.27. The van der Waals surface area contributed by atoms with Crippen LogP contribution in [0.5, 0.6) is 0 Å². The summed E-state index contributed by atoms with van der Waals surface area (Å²) in [6.07, 6.45) is 8.20. The zero-order valence-electron chi connectivity index (χ0n) is 15.8. The van der Waals surface area contributed by atoms with E-state index in [1.54, 1.807) is 0 Å². The van der Waals surface area contributed by atoms with Gasteiger partial charge in [0.05, 0.1) is 17.9 Å². The highest BCUT2D eigenvalue weighted by Crippen LogP contribution is 2.33. The maximum Gasteiger partial charge on any atom is 0.239 e. The van der Waals surface area contributed by atoms with E-state index in [0.717, 1.165) is 36.7 Å². The van der Waals surface area contributed by atoms with Gasteiger partial charge in [-0.2, -0.15) is 0 Å². The zero-order chi connectivity index (χ0) is 18.4. The molecule has 1 aliphatic heterocycles. The molecule has 2 fully saturated rings. The highest BCUT2D eigenvalue weighted by molar-refractivity contribution is 5.96. The number of carbonyl (C=O) groups excluding carboxylic acids is 2. The lowest BCUT2D eigenvalue weighted by atomic mass is 9.79. The summed E-state index contributed by atoms with van der Waals surface area (Å²) in [6.45, 7) is 3.99. The number of hydrogen-bond acceptors (Lipinski definition) is 3. The number of nitrogens with one attached hydrogen (secondary N) is 2. The first-order valence-corrected chi connectivity index (χ1v) is 10.1. The second-order valence-electron chi connectivity index (χ2n) is 7.64. The van der Waals surface area contributed by atoms with Gasteiger partial charge in [-0.1, -0.05) is 38.3 Å². The van der Waals surface area contributed by atoms with Crippen LogP contribution in [0, 0.1) is 11.8 Å². The van der Waals surface area contributed by atoms with Crippen LogP contribution in [-0.4, -0.2) is 31.4 Å². The molecular weight excluding hydrogens is 326 g/mol. The summed E-state index contributed by atoms with van der Waals surface area (Å²) in [6, 6.07) is 7.81. The molecule has 0 bridgehead atoms. The summed E-state index contributed by atoms with van der Waals surface area (Å²) in [4.78, 5) is 26.5. The normalized spacial score (nSPS) is 23.4.